The quantitative estimate of drug-likeness (QED) is 0.509. The van der Waals surface area contributed by atoms with E-state index in [0.717, 1.165) is 16.8 Å². The Bertz CT molecular complexity index is 861. The molecule has 3 aromatic rings. The number of phenolic OH excluding ortho intramolecular Hbond substituents is 1. The summed E-state index contributed by atoms with van der Waals surface area (Å²) in [5.74, 6) is 0.564. The summed E-state index contributed by atoms with van der Waals surface area (Å²) in [7, 11) is 0. The fourth-order valence-electron chi connectivity index (χ4n) is 2.85. The highest BCUT2D eigenvalue weighted by Gasteiger charge is 2.18. The first-order chi connectivity index (χ1) is 13.1. The average molecular weight is 363 g/mol. The molecule has 0 aliphatic rings. The molecule has 27 heavy (non-hydrogen) atoms. The summed E-state index contributed by atoms with van der Waals surface area (Å²) in [5, 5.41) is 9.59. The molecule has 138 valence electrons. The number of phenols is 1. The second-order valence-electron chi connectivity index (χ2n) is 6.04. The van der Waals surface area contributed by atoms with Gasteiger partial charge in [-0.3, -0.25) is 9.78 Å². The van der Waals surface area contributed by atoms with Crippen LogP contribution in [-0.4, -0.2) is 29.3 Å². The zero-order valence-corrected chi connectivity index (χ0v) is 15.0. The first kappa shape index (κ1) is 18.5. The van der Waals surface area contributed by atoms with Crippen LogP contribution < -0.4 is 4.74 Å². The van der Waals surface area contributed by atoms with E-state index in [4.69, 9.17) is 9.47 Å². The Kier molecular flexibility index (Phi) is 6.05. The molecule has 0 saturated carbocycles. The molecule has 5 nitrogen and oxygen atoms in total. The van der Waals surface area contributed by atoms with Crippen LogP contribution in [0, 0.1) is 0 Å². The van der Waals surface area contributed by atoms with Crippen molar-refractivity contribution in [2.45, 2.75) is 12.8 Å². The normalized spacial score (nSPS) is 11.6. The largest absolute Gasteiger partial charge is 0.508 e. The van der Waals surface area contributed by atoms with Crippen LogP contribution in [0.5, 0.6) is 11.5 Å². The van der Waals surface area contributed by atoms with Crippen molar-refractivity contribution in [1.29, 1.82) is 0 Å². The Morgan fingerprint density at radius 2 is 1.63 bits per heavy atom. The topological polar surface area (TPSA) is 68.7 Å². The van der Waals surface area contributed by atoms with E-state index in [-0.39, 0.29) is 24.2 Å². The lowest BCUT2D eigenvalue weighted by atomic mass is 9.88. The second-order valence-corrected chi connectivity index (χ2v) is 6.04. The van der Waals surface area contributed by atoms with Gasteiger partial charge in [0.15, 0.2) is 0 Å². The van der Waals surface area contributed by atoms with Crippen molar-refractivity contribution in [3.63, 3.8) is 0 Å². The van der Waals surface area contributed by atoms with Crippen molar-refractivity contribution in [2.24, 2.45) is 0 Å². The summed E-state index contributed by atoms with van der Waals surface area (Å²) < 4.78 is 10.5. The number of hydrogen-bond donors (Lipinski definition) is 1. The number of ether oxygens (including phenoxy) is 2. The smallest absolute Gasteiger partial charge is 0.302 e. The highest BCUT2D eigenvalue weighted by Crippen LogP contribution is 2.32. The van der Waals surface area contributed by atoms with Crippen LogP contribution in [-0.2, 0) is 9.53 Å². The molecule has 1 unspecified atom stereocenters. The Labute approximate surface area is 158 Å². The first-order valence-electron chi connectivity index (χ1n) is 8.69. The lowest BCUT2D eigenvalue weighted by Gasteiger charge is -2.18. The van der Waals surface area contributed by atoms with Crippen LogP contribution >= 0.6 is 0 Å². The summed E-state index contributed by atoms with van der Waals surface area (Å²) in [6, 6.07) is 20.8. The van der Waals surface area contributed by atoms with E-state index < -0.39 is 0 Å². The number of aromatic hydroxyl groups is 1. The molecule has 0 fully saturated rings. The molecule has 0 aliphatic heterocycles. The van der Waals surface area contributed by atoms with Gasteiger partial charge in [-0.2, -0.15) is 0 Å². The number of benzene rings is 2. The third kappa shape index (κ3) is 5.07. The summed E-state index contributed by atoms with van der Waals surface area (Å²) >= 11 is 0. The van der Waals surface area contributed by atoms with E-state index in [1.54, 1.807) is 18.3 Å². The SMILES string of the molecule is CC(=O)OCCOc1ccc(C(c2ccc(O)cc2)c2ccccn2)cc1. The van der Waals surface area contributed by atoms with Gasteiger partial charge >= 0.3 is 5.97 Å². The molecule has 1 heterocycles. The van der Waals surface area contributed by atoms with Crippen LogP contribution in [0.2, 0.25) is 0 Å². The first-order valence-corrected chi connectivity index (χ1v) is 8.69. The number of hydrogen-bond acceptors (Lipinski definition) is 5. The summed E-state index contributed by atoms with van der Waals surface area (Å²) in [5.41, 5.74) is 3.02. The van der Waals surface area contributed by atoms with Gasteiger partial charge in [-0.15, -0.1) is 0 Å². The number of esters is 1. The van der Waals surface area contributed by atoms with Crippen molar-refractivity contribution in [1.82, 2.24) is 4.98 Å². The number of carbonyl (C=O) groups is 1. The van der Waals surface area contributed by atoms with E-state index in [0.29, 0.717) is 12.4 Å². The van der Waals surface area contributed by atoms with E-state index >= 15 is 0 Å². The Morgan fingerprint density at radius 1 is 0.963 bits per heavy atom. The van der Waals surface area contributed by atoms with Gasteiger partial charge in [-0.05, 0) is 47.5 Å². The Hall–Kier alpha value is -3.34. The number of carbonyl (C=O) groups excluding carboxylic acids is 1. The average Bonchev–Trinajstić information content (AvgIpc) is 2.69. The molecule has 2 aromatic carbocycles. The maximum absolute atomic E-state index is 10.8. The highest BCUT2D eigenvalue weighted by molar-refractivity contribution is 5.65. The minimum atomic E-state index is -0.318. The molecule has 0 bridgehead atoms. The van der Waals surface area contributed by atoms with Crippen LogP contribution in [0.3, 0.4) is 0 Å². The number of rotatable bonds is 7. The number of aromatic nitrogens is 1. The summed E-state index contributed by atoms with van der Waals surface area (Å²) in [6.07, 6.45) is 1.77. The van der Waals surface area contributed by atoms with Gasteiger partial charge < -0.3 is 14.6 Å². The molecule has 5 heteroatoms. The fraction of sp³-hybridized carbons (Fsp3) is 0.182. The van der Waals surface area contributed by atoms with Crippen molar-refractivity contribution < 1.29 is 19.4 Å². The van der Waals surface area contributed by atoms with Gasteiger partial charge in [0.2, 0.25) is 0 Å². The summed E-state index contributed by atoms with van der Waals surface area (Å²) in [4.78, 5) is 15.3. The minimum Gasteiger partial charge on any atom is -0.508 e. The van der Waals surface area contributed by atoms with Gasteiger partial charge in [0.25, 0.3) is 0 Å². The van der Waals surface area contributed by atoms with Gasteiger partial charge in [-0.25, -0.2) is 0 Å². The van der Waals surface area contributed by atoms with Gasteiger partial charge in [0, 0.05) is 13.1 Å². The van der Waals surface area contributed by atoms with E-state index in [2.05, 4.69) is 4.98 Å². The molecule has 0 aliphatic carbocycles. The molecule has 0 saturated heterocycles. The zero-order chi connectivity index (χ0) is 19.1. The molecule has 0 spiro atoms. The lowest BCUT2D eigenvalue weighted by molar-refractivity contribution is -0.141. The molecule has 0 radical (unpaired) electrons. The van der Waals surface area contributed by atoms with Gasteiger partial charge in [0.1, 0.15) is 24.7 Å². The monoisotopic (exact) mass is 363 g/mol. The summed E-state index contributed by atoms with van der Waals surface area (Å²) in [6.45, 7) is 1.90. The van der Waals surface area contributed by atoms with Crippen LogP contribution in [0.25, 0.3) is 0 Å². The van der Waals surface area contributed by atoms with Crippen molar-refractivity contribution in [3.05, 3.63) is 89.7 Å². The lowest BCUT2D eigenvalue weighted by Crippen LogP contribution is -2.09. The van der Waals surface area contributed by atoms with Gasteiger partial charge in [-0.1, -0.05) is 30.3 Å². The predicted molar refractivity (Wildman–Crippen MR) is 102 cm³/mol. The molecule has 1 aromatic heterocycles. The van der Waals surface area contributed by atoms with E-state index in [1.165, 1.54) is 6.92 Å². The number of pyridine rings is 1. The van der Waals surface area contributed by atoms with Crippen LogP contribution in [0.4, 0.5) is 0 Å². The van der Waals surface area contributed by atoms with Crippen LogP contribution in [0.1, 0.15) is 29.7 Å². The zero-order valence-electron chi connectivity index (χ0n) is 15.0. The molecular weight excluding hydrogens is 342 g/mol. The highest BCUT2D eigenvalue weighted by atomic mass is 16.6. The number of nitrogens with zero attached hydrogens (tertiary/aromatic N) is 1. The van der Waals surface area contributed by atoms with Crippen molar-refractivity contribution in [3.8, 4) is 11.5 Å². The third-order valence-electron chi connectivity index (χ3n) is 4.08. The third-order valence-corrected chi connectivity index (χ3v) is 4.08. The predicted octanol–water partition coefficient (Wildman–Crippen LogP) is 3.91. The van der Waals surface area contributed by atoms with Crippen molar-refractivity contribution >= 4 is 5.97 Å². The maximum Gasteiger partial charge on any atom is 0.302 e. The molecular formula is C22H21NO4. The van der Waals surface area contributed by atoms with E-state index in [1.807, 2.05) is 54.6 Å². The van der Waals surface area contributed by atoms with Gasteiger partial charge in [0.05, 0.1) is 11.6 Å². The van der Waals surface area contributed by atoms with Crippen molar-refractivity contribution in [2.75, 3.05) is 13.2 Å². The molecule has 1 atom stereocenters. The molecule has 0 amide bonds. The Balaban J connectivity index is 1.80. The Morgan fingerprint density at radius 3 is 2.22 bits per heavy atom. The molecule has 1 N–H and O–H groups in total. The fourth-order valence-corrected chi connectivity index (χ4v) is 2.85. The second kappa shape index (κ2) is 8.85. The standard InChI is InChI=1S/C22H21NO4/c1-16(24)26-14-15-27-20-11-7-18(8-12-20)22(21-4-2-3-13-23-21)17-5-9-19(25)10-6-17/h2-13,22,25H,14-15H2,1H3. The maximum atomic E-state index is 10.8. The molecule has 3 rings (SSSR count). The van der Waals surface area contributed by atoms with E-state index in [9.17, 15) is 9.90 Å². The van der Waals surface area contributed by atoms with Crippen LogP contribution in [0.15, 0.2) is 72.9 Å². The minimum absolute atomic E-state index is 0.0538.